The second-order valence-electron chi connectivity index (χ2n) is 5.05. The van der Waals surface area contributed by atoms with Gasteiger partial charge in [-0.15, -0.1) is 0 Å². The largest absolute Gasteiger partial charge is 0.478 e. The quantitative estimate of drug-likeness (QED) is 0.660. The molecule has 7 nitrogen and oxygen atoms in total. The Bertz CT molecular complexity index is 587. The Morgan fingerprint density at radius 2 is 1.95 bits per heavy atom. The number of hydrogen-bond donors (Lipinski definition) is 4. The fourth-order valence-electron chi connectivity index (χ4n) is 1.36. The molecule has 8 heteroatoms. The van der Waals surface area contributed by atoms with E-state index in [1.165, 1.54) is 18.2 Å². The molecule has 1 rings (SSSR count). The average Bonchev–Trinajstić information content (AvgIpc) is 2.36. The van der Waals surface area contributed by atoms with Crippen molar-refractivity contribution in [1.82, 2.24) is 5.32 Å². The van der Waals surface area contributed by atoms with E-state index in [0.29, 0.717) is 0 Å². The topological polar surface area (TPSA) is 122 Å². The van der Waals surface area contributed by atoms with Crippen molar-refractivity contribution in [3.63, 3.8) is 0 Å². The summed E-state index contributed by atoms with van der Waals surface area (Å²) in [4.78, 5) is 33.9. The van der Waals surface area contributed by atoms with Crippen molar-refractivity contribution in [3.8, 4) is 0 Å². The van der Waals surface area contributed by atoms with Crippen LogP contribution >= 0.6 is 11.6 Å². The fraction of sp³-hybridized carbons (Fsp3) is 0.308. The van der Waals surface area contributed by atoms with Crippen molar-refractivity contribution in [1.29, 1.82) is 0 Å². The van der Waals surface area contributed by atoms with Crippen molar-refractivity contribution >= 4 is 35.2 Å². The van der Waals surface area contributed by atoms with E-state index < -0.39 is 23.3 Å². The van der Waals surface area contributed by atoms with E-state index in [9.17, 15) is 14.4 Å². The van der Waals surface area contributed by atoms with Crippen LogP contribution in [0.25, 0.3) is 0 Å². The lowest BCUT2D eigenvalue weighted by atomic mass is 9.93. The third-order valence-corrected chi connectivity index (χ3v) is 3.05. The SMILES string of the molecule is CC(C)(CNC(=O)Nc1cc(Cl)ccc1C(=O)O)C(N)=O. The van der Waals surface area contributed by atoms with Gasteiger partial charge in [0.2, 0.25) is 5.91 Å². The number of carbonyl (C=O) groups is 3. The molecule has 0 radical (unpaired) electrons. The van der Waals surface area contributed by atoms with Gasteiger partial charge in [0.15, 0.2) is 0 Å². The molecule has 114 valence electrons. The van der Waals surface area contributed by atoms with Crippen LogP contribution in [-0.2, 0) is 4.79 Å². The van der Waals surface area contributed by atoms with Gasteiger partial charge in [-0.3, -0.25) is 4.79 Å². The van der Waals surface area contributed by atoms with Crippen LogP contribution in [0.4, 0.5) is 10.5 Å². The van der Waals surface area contributed by atoms with Gasteiger partial charge in [-0.05, 0) is 32.0 Å². The normalized spacial score (nSPS) is 10.8. The summed E-state index contributed by atoms with van der Waals surface area (Å²) < 4.78 is 0. The highest BCUT2D eigenvalue weighted by molar-refractivity contribution is 6.31. The van der Waals surface area contributed by atoms with Crippen molar-refractivity contribution in [2.24, 2.45) is 11.1 Å². The molecule has 1 aromatic rings. The predicted molar refractivity (Wildman–Crippen MR) is 78.4 cm³/mol. The number of carboxylic acid groups (broad SMARTS) is 1. The van der Waals surface area contributed by atoms with Crippen LogP contribution in [0.3, 0.4) is 0 Å². The zero-order chi connectivity index (χ0) is 16.2. The van der Waals surface area contributed by atoms with Gasteiger partial charge in [0.1, 0.15) is 0 Å². The van der Waals surface area contributed by atoms with Crippen LogP contribution in [0.1, 0.15) is 24.2 Å². The number of rotatable bonds is 5. The Kier molecular flexibility index (Phi) is 5.15. The van der Waals surface area contributed by atoms with E-state index in [0.717, 1.165) is 0 Å². The second-order valence-corrected chi connectivity index (χ2v) is 5.49. The van der Waals surface area contributed by atoms with Crippen LogP contribution < -0.4 is 16.4 Å². The molecule has 0 atom stereocenters. The molecule has 0 aliphatic heterocycles. The molecule has 0 spiro atoms. The summed E-state index contributed by atoms with van der Waals surface area (Å²) in [5.74, 6) is -1.75. The molecule has 0 bridgehead atoms. The van der Waals surface area contributed by atoms with Gasteiger partial charge in [0, 0.05) is 11.6 Å². The van der Waals surface area contributed by atoms with Gasteiger partial charge in [0.05, 0.1) is 16.7 Å². The summed E-state index contributed by atoms with van der Waals surface area (Å²) >= 11 is 5.77. The third-order valence-electron chi connectivity index (χ3n) is 2.82. The first kappa shape index (κ1) is 16.8. The summed E-state index contributed by atoms with van der Waals surface area (Å²) in [5.41, 5.74) is 4.24. The summed E-state index contributed by atoms with van der Waals surface area (Å²) in [7, 11) is 0. The Morgan fingerprint density at radius 1 is 1.33 bits per heavy atom. The zero-order valence-corrected chi connectivity index (χ0v) is 12.3. The number of aromatic carboxylic acids is 1. The van der Waals surface area contributed by atoms with E-state index in [4.69, 9.17) is 22.4 Å². The highest BCUT2D eigenvalue weighted by Gasteiger charge is 2.25. The zero-order valence-electron chi connectivity index (χ0n) is 11.6. The third kappa shape index (κ3) is 4.64. The van der Waals surface area contributed by atoms with E-state index in [2.05, 4.69) is 10.6 Å². The number of amides is 3. The number of nitrogens with two attached hydrogens (primary N) is 1. The monoisotopic (exact) mass is 313 g/mol. The lowest BCUT2D eigenvalue weighted by Gasteiger charge is -2.21. The number of hydrogen-bond acceptors (Lipinski definition) is 3. The summed E-state index contributed by atoms with van der Waals surface area (Å²) in [6, 6.07) is 3.36. The number of primary amides is 1. The molecule has 5 N–H and O–H groups in total. The number of halogens is 1. The van der Waals surface area contributed by atoms with E-state index in [-0.39, 0.29) is 22.8 Å². The Morgan fingerprint density at radius 3 is 2.48 bits per heavy atom. The fourth-order valence-corrected chi connectivity index (χ4v) is 1.53. The Hall–Kier alpha value is -2.28. The summed E-state index contributed by atoms with van der Waals surface area (Å²) in [5, 5.41) is 14.1. The standard InChI is InChI=1S/C13H16ClN3O4/c1-13(2,11(15)20)6-16-12(21)17-9-5-7(14)3-4-8(9)10(18)19/h3-5H,6H2,1-2H3,(H2,15,20)(H,18,19)(H2,16,17,21). The maximum absolute atomic E-state index is 11.8. The maximum Gasteiger partial charge on any atom is 0.337 e. The minimum absolute atomic E-state index is 0.0110. The molecule has 21 heavy (non-hydrogen) atoms. The molecule has 0 aromatic heterocycles. The van der Waals surface area contributed by atoms with Crippen molar-refractivity contribution in [2.75, 3.05) is 11.9 Å². The lowest BCUT2D eigenvalue weighted by Crippen LogP contribution is -2.43. The number of carboxylic acids is 1. The van der Waals surface area contributed by atoms with Gasteiger partial charge >= 0.3 is 12.0 Å². The first-order chi connectivity index (χ1) is 9.63. The van der Waals surface area contributed by atoms with Crippen LogP contribution in [0.2, 0.25) is 5.02 Å². The highest BCUT2D eigenvalue weighted by Crippen LogP contribution is 2.21. The van der Waals surface area contributed by atoms with Crippen LogP contribution in [-0.4, -0.2) is 29.6 Å². The van der Waals surface area contributed by atoms with Crippen molar-refractivity contribution < 1.29 is 19.5 Å². The molecule has 0 heterocycles. The summed E-state index contributed by atoms with van der Waals surface area (Å²) in [6.07, 6.45) is 0. The number of nitrogens with one attached hydrogen (secondary N) is 2. The van der Waals surface area contributed by atoms with Crippen LogP contribution in [0, 0.1) is 5.41 Å². The highest BCUT2D eigenvalue weighted by atomic mass is 35.5. The molecule has 0 saturated carbocycles. The average molecular weight is 314 g/mol. The number of benzene rings is 1. The minimum atomic E-state index is -1.19. The Balaban J connectivity index is 2.78. The van der Waals surface area contributed by atoms with E-state index >= 15 is 0 Å². The number of urea groups is 1. The van der Waals surface area contributed by atoms with Crippen LogP contribution in [0.15, 0.2) is 18.2 Å². The molecule has 0 unspecified atom stereocenters. The van der Waals surface area contributed by atoms with Gasteiger partial charge in [0.25, 0.3) is 0 Å². The van der Waals surface area contributed by atoms with Crippen LogP contribution in [0.5, 0.6) is 0 Å². The first-order valence-electron chi connectivity index (χ1n) is 6.01. The number of anilines is 1. The second kappa shape index (κ2) is 6.45. The molecule has 0 aliphatic rings. The molecular weight excluding hydrogens is 298 g/mol. The lowest BCUT2D eigenvalue weighted by molar-refractivity contribution is -0.125. The maximum atomic E-state index is 11.8. The molecule has 1 aromatic carbocycles. The van der Waals surface area contributed by atoms with E-state index in [1.54, 1.807) is 13.8 Å². The first-order valence-corrected chi connectivity index (χ1v) is 6.39. The number of carbonyl (C=O) groups excluding carboxylic acids is 2. The van der Waals surface area contributed by atoms with E-state index in [1.807, 2.05) is 0 Å². The summed E-state index contributed by atoms with van der Waals surface area (Å²) in [6.45, 7) is 3.17. The van der Waals surface area contributed by atoms with Crippen molar-refractivity contribution in [3.05, 3.63) is 28.8 Å². The van der Waals surface area contributed by atoms with Gasteiger partial charge < -0.3 is 21.5 Å². The van der Waals surface area contributed by atoms with Gasteiger partial charge in [-0.2, -0.15) is 0 Å². The van der Waals surface area contributed by atoms with Crippen molar-refractivity contribution in [2.45, 2.75) is 13.8 Å². The molecule has 0 aliphatic carbocycles. The van der Waals surface area contributed by atoms with Gasteiger partial charge in [-0.25, -0.2) is 9.59 Å². The molecule has 0 fully saturated rings. The van der Waals surface area contributed by atoms with Gasteiger partial charge in [-0.1, -0.05) is 11.6 Å². The smallest absolute Gasteiger partial charge is 0.337 e. The predicted octanol–water partition coefficient (Wildman–Crippen LogP) is 1.67. The molecule has 0 saturated heterocycles. The molecule has 3 amide bonds. The molecular formula is C13H16ClN3O4. The Labute approximate surface area is 126 Å². The minimum Gasteiger partial charge on any atom is -0.478 e.